The molecule has 1 aliphatic heterocycles. The Bertz CT molecular complexity index is 483. The summed E-state index contributed by atoms with van der Waals surface area (Å²) in [6.07, 6.45) is 1.85. The highest BCUT2D eigenvalue weighted by molar-refractivity contribution is 5.99. The van der Waals surface area contributed by atoms with Crippen molar-refractivity contribution in [2.24, 2.45) is 5.92 Å². The Balaban J connectivity index is 2.04. The van der Waals surface area contributed by atoms with Gasteiger partial charge in [-0.25, -0.2) is 0 Å². The minimum atomic E-state index is 0.304. The third kappa shape index (κ3) is 1.83. The number of hydrogen-bond donors (Lipinski definition) is 0. The molecule has 18 heavy (non-hydrogen) atoms. The number of rotatable bonds is 1. The van der Waals surface area contributed by atoms with Gasteiger partial charge in [-0.1, -0.05) is 0 Å². The first-order valence-corrected chi connectivity index (χ1v) is 6.58. The first kappa shape index (κ1) is 11.7. The summed E-state index contributed by atoms with van der Waals surface area (Å²) in [4.78, 5) is 14.5. The molecule has 1 heterocycles. The number of fused-ring (bicyclic) bond motifs is 3. The van der Waals surface area contributed by atoms with Gasteiger partial charge in [0.25, 0.3) is 0 Å². The van der Waals surface area contributed by atoms with E-state index in [0.29, 0.717) is 17.6 Å². The molecule has 0 saturated carbocycles. The highest BCUT2D eigenvalue weighted by atomic mass is 16.5. The minimum absolute atomic E-state index is 0.304. The van der Waals surface area contributed by atoms with Crippen LogP contribution in [0.3, 0.4) is 0 Å². The second-order valence-corrected chi connectivity index (χ2v) is 5.50. The van der Waals surface area contributed by atoms with Crippen LogP contribution in [-0.4, -0.2) is 37.9 Å². The van der Waals surface area contributed by atoms with Crippen LogP contribution in [0.25, 0.3) is 0 Å². The Morgan fingerprint density at radius 3 is 3.00 bits per heavy atom. The van der Waals surface area contributed by atoms with Gasteiger partial charge >= 0.3 is 0 Å². The van der Waals surface area contributed by atoms with Crippen LogP contribution in [-0.2, 0) is 0 Å². The lowest BCUT2D eigenvalue weighted by Gasteiger charge is -2.40. The number of ketones is 1. The lowest BCUT2D eigenvalue weighted by atomic mass is 9.71. The predicted octanol–water partition coefficient (Wildman–Crippen LogP) is 2.32. The van der Waals surface area contributed by atoms with E-state index in [-0.39, 0.29) is 0 Å². The number of hydrogen-bond acceptors (Lipinski definition) is 3. The number of Topliss-reactive ketones (excluding diaryl/α,β-unsaturated/α-hetero) is 1. The third-order valence-corrected chi connectivity index (χ3v) is 4.37. The van der Waals surface area contributed by atoms with E-state index < -0.39 is 0 Å². The molecule has 2 atom stereocenters. The van der Waals surface area contributed by atoms with Crippen LogP contribution in [0.2, 0.25) is 0 Å². The van der Waals surface area contributed by atoms with Gasteiger partial charge in [-0.3, -0.25) is 4.79 Å². The molecule has 0 radical (unpaired) electrons. The Kier molecular flexibility index (Phi) is 2.86. The summed E-state index contributed by atoms with van der Waals surface area (Å²) in [5, 5.41) is 0. The summed E-state index contributed by atoms with van der Waals surface area (Å²) < 4.78 is 5.30. The van der Waals surface area contributed by atoms with Gasteiger partial charge in [0, 0.05) is 24.4 Å². The molecule has 1 saturated heterocycles. The summed E-state index contributed by atoms with van der Waals surface area (Å²) in [7, 11) is 3.84. The first-order valence-electron chi connectivity index (χ1n) is 6.58. The molecule has 0 bridgehead atoms. The Labute approximate surface area is 108 Å². The number of benzene rings is 1. The summed E-state index contributed by atoms with van der Waals surface area (Å²) in [5.41, 5.74) is 2.11. The van der Waals surface area contributed by atoms with Crippen LogP contribution < -0.4 is 4.74 Å². The quantitative estimate of drug-likeness (QED) is 0.760. The highest BCUT2D eigenvalue weighted by Crippen LogP contribution is 2.41. The van der Waals surface area contributed by atoms with Crippen molar-refractivity contribution in [3.63, 3.8) is 0 Å². The van der Waals surface area contributed by atoms with Crippen LogP contribution in [0.15, 0.2) is 18.2 Å². The zero-order valence-electron chi connectivity index (χ0n) is 11.0. The van der Waals surface area contributed by atoms with E-state index in [1.165, 1.54) is 5.56 Å². The summed E-state index contributed by atoms with van der Waals surface area (Å²) >= 11 is 0. The van der Waals surface area contributed by atoms with Crippen LogP contribution in [0.4, 0.5) is 0 Å². The van der Waals surface area contributed by atoms with Crippen molar-refractivity contribution in [2.75, 3.05) is 27.2 Å². The molecule has 3 heteroatoms. The number of carbonyl (C=O) groups excluding carboxylic acids is 1. The Morgan fingerprint density at radius 2 is 2.22 bits per heavy atom. The van der Waals surface area contributed by atoms with Crippen LogP contribution in [0, 0.1) is 5.92 Å². The van der Waals surface area contributed by atoms with Crippen molar-refractivity contribution in [2.45, 2.75) is 18.8 Å². The van der Waals surface area contributed by atoms with Crippen molar-refractivity contribution < 1.29 is 9.53 Å². The van der Waals surface area contributed by atoms with Crippen LogP contribution in [0.1, 0.15) is 34.7 Å². The maximum Gasteiger partial charge on any atom is 0.163 e. The normalized spacial score (nSPS) is 27.6. The zero-order valence-corrected chi connectivity index (χ0v) is 11.0. The molecule has 1 aromatic rings. The van der Waals surface area contributed by atoms with E-state index in [9.17, 15) is 4.79 Å². The Morgan fingerprint density at radius 1 is 1.39 bits per heavy atom. The van der Waals surface area contributed by atoms with Crippen molar-refractivity contribution in [3.05, 3.63) is 29.3 Å². The minimum Gasteiger partial charge on any atom is -0.497 e. The molecule has 0 aromatic heterocycles. The fourth-order valence-electron chi connectivity index (χ4n) is 3.34. The molecular weight excluding hydrogens is 226 g/mol. The molecule has 0 amide bonds. The van der Waals surface area contributed by atoms with E-state index in [1.54, 1.807) is 7.11 Å². The van der Waals surface area contributed by atoms with Crippen LogP contribution >= 0.6 is 0 Å². The van der Waals surface area contributed by atoms with E-state index >= 15 is 0 Å². The van der Waals surface area contributed by atoms with Gasteiger partial charge in [0.1, 0.15) is 5.75 Å². The van der Waals surface area contributed by atoms with Crippen molar-refractivity contribution in [1.29, 1.82) is 0 Å². The number of likely N-dealkylation sites (tertiary alicyclic amines) is 1. The number of ether oxygens (including phenoxy) is 1. The molecule has 2 aliphatic rings. The van der Waals surface area contributed by atoms with E-state index in [4.69, 9.17) is 4.74 Å². The summed E-state index contributed by atoms with van der Waals surface area (Å²) in [5.74, 6) is 2.17. The Hall–Kier alpha value is -1.35. The maximum atomic E-state index is 12.2. The topological polar surface area (TPSA) is 29.5 Å². The molecule has 1 fully saturated rings. The molecule has 1 aromatic carbocycles. The molecule has 1 aliphatic carbocycles. The first-order chi connectivity index (χ1) is 8.69. The average Bonchev–Trinajstić information content (AvgIpc) is 2.39. The van der Waals surface area contributed by atoms with Crippen LogP contribution in [0.5, 0.6) is 5.75 Å². The predicted molar refractivity (Wildman–Crippen MR) is 70.3 cm³/mol. The molecule has 3 rings (SSSR count). The summed E-state index contributed by atoms with van der Waals surface area (Å²) in [6.45, 7) is 2.16. The number of piperidine rings is 1. The van der Waals surface area contributed by atoms with Crippen molar-refractivity contribution in [3.8, 4) is 5.75 Å². The SMILES string of the molecule is COc1ccc2c(c1)[C@@H]1CN(C)CC[C@@H]1CC2=O. The monoisotopic (exact) mass is 245 g/mol. The standard InChI is InChI=1S/C15H19NO2/c1-16-6-5-10-7-15(17)12-4-3-11(18-2)8-13(12)14(10)9-16/h3-4,8,10,14H,5-7,9H2,1-2H3/t10-,14-/m1/s1. The van der Waals surface area contributed by atoms with Crippen molar-refractivity contribution in [1.82, 2.24) is 4.90 Å². The molecule has 96 valence electrons. The average molecular weight is 245 g/mol. The number of methoxy groups -OCH3 is 1. The maximum absolute atomic E-state index is 12.2. The molecule has 0 spiro atoms. The van der Waals surface area contributed by atoms with Gasteiger partial charge < -0.3 is 9.64 Å². The van der Waals surface area contributed by atoms with Gasteiger partial charge in [-0.15, -0.1) is 0 Å². The number of likely N-dealkylation sites (N-methyl/N-ethyl adjacent to an activating group) is 1. The molecule has 0 unspecified atom stereocenters. The third-order valence-electron chi connectivity index (χ3n) is 4.37. The van der Waals surface area contributed by atoms with E-state index in [0.717, 1.165) is 37.2 Å². The van der Waals surface area contributed by atoms with Crippen molar-refractivity contribution >= 4 is 5.78 Å². The highest BCUT2D eigenvalue weighted by Gasteiger charge is 2.37. The van der Waals surface area contributed by atoms with E-state index in [1.807, 2.05) is 12.1 Å². The fraction of sp³-hybridized carbons (Fsp3) is 0.533. The largest absolute Gasteiger partial charge is 0.497 e. The summed E-state index contributed by atoms with van der Waals surface area (Å²) in [6, 6.07) is 5.88. The van der Waals surface area contributed by atoms with Gasteiger partial charge in [-0.05, 0) is 49.7 Å². The number of nitrogens with zero attached hydrogens (tertiary/aromatic N) is 1. The van der Waals surface area contributed by atoms with Gasteiger partial charge in [-0.2, -0.15) is 0 Å². The fourth-order valence-corrected chi connectivity index (χ4v) is 3.34. The lowest BCUT2D eigenvalue weighted by molar-refractivity contribution is 0.0887. The van der Waals surface area contributed by atoms with Gasteiger partial charge in [0.05, 0.1) is 7.11 Å². The second kappa shape index (κ2) is 4.39. The number of carbonyl (C=O) groups is 1. The molecule has 0 N–H and O–H groups in total. The van der Waals surface area contributed by atoms with E-state index in [2.05, 4.69) is 18.0 Å². The smallest absolute Gasteiger partial charge is 0.163 e. The van der Waals surface area contributed by atoms with Gasteiger partial charge in [0.15, 0.2) is 5.78 Å². The lowest BCUT2D eigenvalue weighted by Crippen LogP contribution is -2.40. The zero-order chi connectivity index (χ0) is 12.7. The molecular formula is C15H19NO2. The second-order valence-electron chi connectivity index (χ2n) is 5.50. The molecule has 3 nitrogen and oxygen atoms in total. The van der Waals surface area contributed by atoms with Gasteiger partial charge in [0.2, 0.25) is 0 Å².